The van der Waals surface area contributed by atoms with Crippen molar-refractivity contribution in [3.63, 3.8) is 0 Å². The van der Waals surface area contributed by atoms with E-state index in [9.17, 15) is 0 Å². The Bertz CT molecular complexity index is 301. The van der Waals surface area contributed by atoms with Gasteiger partial charge in [-0.2, -0.15) is 0 Å². The number of ether oxygens (including phenoxy) is 1. The first-order valence-corrected chi connectivity index (χ1v) is 22.0. The number of rotatable bonds is 15. The summed E-state index contributed by atoms with van der Waals surface area (Å²) in [7, 11) is -1.06. The number of hydrogen-bond acceptors (Lipinski definition) is 1. The van der Waals surface area contributed by atoms with Gasteiger partial charge in [0.2, 0.25) is 0 Å². The summed E-state index contributed by atoms with van der Waals surface area (Å²) in [6.07, 6.45) is 13.1. The molecule has 0 aliphatic carbocycles. The predicted octanol–water partition coefficient (Wildman–Crippen LogP) is 8.09. The van der Waals surface area contributed by atoms with Gasteiger partial charge in [0.05, 0.1) is 0 Å². The number of unbranched alkanes of at least 4 members (excludes halogenated alkanes) is 3. The fourth-order valence-corrected chi connectivity index (χ4v) is 30.5. The van der Waals surface area contributed by atoms with Crippen molar-refractivity contribution >= 4 is 26.5 Å². The monoisotopic (exact) mass is 462 g/mol. The van der Waals surface area contributed by atoms with Crippen molar-refractivity contribution in [1.29, 1.82) is 0 Å². The zero-order chi connectivity index (χ0) is 18.5. The molecular formula is C21H46OSiSn. The van der Waals surface area contributed by atoms with Crippen LogP contribution in [-0.2, 0) is 4.74 Å². The fraction of sp³-hybridized carbons (Fsp3) is 0.905. The Hall–Kier alpha value is 0.556. The van der Waals surface area contributed by atoms with Gasteiger partial charge in [0.15, 0.2) is 0 Å². The minimum atomic E-state index is -2.19. The Labute approximate surface area is 158 Å². The van der Waals surface area contributed by atoms with Crippen molar-refractivity contribution < 1.29 is 4.74 Å². The van der Waals surface area contributed by atoms with E-state index < -0.39 is 26.5 Å². The quantitative estimate of drug-likeness (QED) is 0.177. The van der Waals surface area contributed by atoms with Gasteiger partial charge in [-0.15, -0.1) is 0 Å². The van der Waals surface area contributed by atoms with Crippen molar-refractivity contribution in [2.45, 2.75) is 109 Å². The molecule has 0 aromatic carbocycles. The molecule has 0 radical (unpaired) electrons. The van der Waals surface area contributed by atoms with E-state index in [1.807, 2.05) is 0 Å². The van der Waals surface area contributed by atoms with Gasteiger partial charge in [-0.25, -0.2) is 0 Å². The molecule has 0 aliphatic heterocycles. The van der Waals surface area contributed by atoms with E-state index in [4.69, 9.17) is 4.74 Å². The molecule has 3 heteroatoms. The summed E-state index contributed by atoms with van der Waals surface area (Å²) in [5, 5.41) is 0. The van der Waals surface area contributed by atoms with Crippen LogP contribution in [0.2, 0.25) is 42.9 Å². The first-order chi connectivity index (χ1) is 11.3. The molecule has 0 aliphatic rings. The second kappa shape index (κ2) is 13.7. The van der Waals surface area contributed by atoms with E-state index in [0.29, 0.717) is 0 Å². The molecule has 0 aromatic rings. The van der Waals surface area contributed by atoms with E-state index in [1.165, 1.54) is 44.6 Å². The van der Waals surface area contributed by atoms with Gasteiger partial charge in [-0.05, 0) is 0 Å². The molecule has 0 saturated carbocycles. The van der Waals surface area contributed by atoms with Crippen LogP contribution in [0.1, 0.15) is 66.2 Å². The van der Waals surface area contributed by atoms with Gasteiger partial charge >= 0.3 is 159 Å². The van der Waals surface area contributed by atoms with Crippen molar-refractivity contribution in [1.82, 2.24) is 0 Å². The van der Waals surface area contributed by atoms with Crippen LogP contribution >= 0.6 is 0 Å². The van der Waals surface area contributed by atoms with Crippen LogP contribution in [0.15, 0.2) is 12.3 Å². The van der Waals surface area contributed by atoms with Gasteiger partial charge in [-0.3, -0.25) is 0 Å². The zero-order valence-electron chi connectivity index (χ0n) is 17.9. The summed E-state index contributed by atoms with van der Waals surface area (Å²) in [5.74, 6) is 0. The molecule has 0 fully saturated rings. The first-order valence-electron chi connectivity index (χ1n) is 10.6. The Morgan fingerprint density at radius 1 is 0.833 bits per heavy atom. The summed E-state index contributed by atoms with van der Waals surface area (Å²) in [4.78, 5) is 0. The Morgan fingerprint density at radius 2 is 1.29 bits per heavy atom. The second-order valence-electron chi connectivity index (χ2n) is 8.83. The third-order valence-electron chi connectivity index (χ3n) is 5.28. The Morgan fingerprint density at radius 3 is 1.62 bits per heavy atom. The molecule has 0 heterocycles. The van der Waals surface area contributed by atoms with Crippen molar-refractivity contribution in [2.75, 3.05) is 6.61 Å². The van der Waals surface area contributed by atoms with Crippen molar-refractivity contribution in [3.8, 4) is 0 Å². The third kappa shape index (κ3) is 10.5. The van der Waals surface area contributed by atoms with E-state index in [2.05, 4.69) is 59.7 Å². The summed E-state index contributed by atoms with van der Waals surface area (Å²) < 4.78 is 11.4. The van der Waals surface area contributed by atoms with E-state index >= 15 is 0 Å². The maximum atomic E-state index is 5.66. The number of hydrogen-bond donors (Lipinski definition) is 0. The molecule has 24 heavy (non-hydrogen) atoms. The molecule has 1 atom stereocenters. The molecule has 1 nitrogen and oxygen atoms in total. The topological polar surface area (TPSA) is 9.23 Å². The van der Waals surface area contributed by atoms with Gasteiger partial charge in [0.25, 0.3) is 0 Å². The van der Waals surface area contributed by atoms with Gasteiger partial charge in [-0.1, -0.05) is 0 Å². The SMILES string of the molecule is CCC[CH2][Sn]([CH2]CCC)([CH2]CCC)[CH](/C=C\OCC)C[Si](C)(C)C. The minimum absolute atomic E-state index is 0.803. The van der Waals surface area contributed by atoms with E-state index in [0.717, 1.165) is 10.5 Å². The van der Waals surface area contributed by atoms with Crippen LogP contribution in [0.5, 0.6) is 0 Å². The standard InChI is InChI=1S/C9H19OSi.3C4H9.Sn/c1-5-10-8-6-7-9-11(2,3)4;3*1-3-4-2;/h6-8H,5,9H2,1-4H3;3*1,3-4H2,2H3;/b8-6-;;;;. The Balaban J connectivity index is 5.57. The normalized spacial score (nSPS) is 14.3. The summed E-state index contributed by atoms with van der Waals surface area (Å²) in [6.45, 7) is 17.7. The Kier molecular flexibility index (Phi) is 14.0. The van der Waals surface area contributed by atoms with E-state index in [1.54, 1.807) is 13.3 Å². The van der Waals surface area contributed by atoms with Gasteiger partial charge < -0.3 is 0 Å². The van der Waals surface area contributed by atoms with Crippen LogP contribution in [0.3, 0.4) is 0 Å². The third-order valence-corrected chi connectivity index (χ3v) is 25.3. The molecule has 0 aromatic heterocycles. The molecular weight excluding hydrogens is 415 g/mol. The maximum absolute atomic E-state index is 5.66. The second-order valence-corrected chi connectivity index (χ2v) is 28.5. The van der Waals surface area contributed by atoms with Crippen LogP contribution < -0.4 is 0 Å². The molecule has 144 valence electrons. The van der Waals surface area contributed by atoms with Crippen molar-refractivity contribution in [3.05, 3.63) is 12.3 Å². The van der Waals surface area contributed by atoms with Crippen LogP contribution in [0.4, 0.5) is 0 Å². The van der Waals surface area contributed by atoms with Gasteiger partial charge in [0.1, 0.15) is 0 Å². The van der Waals surface area contributed by atoms with Crippen molar-refractivity contribution in [2.24, 2.45) is 0 Å². The molecule has 0 N–H and O–H groups in total. The summed E-state index contributed by atoms with van der Waals surface area (Å²) >= 11 is -2.19. The molecule has 0 amide bonds. The van der Waals surface area contributed by atoms with Crippen LogP contribution in [-0.4, -0.2) is 33.1 Å². The first kappa shape index (κ1) is 24.6. The molecule has 0 rings (SSSR count). The van der Waals surface area contributed by atoms with Crippen LogP contribution in [0, 0.1) is 0 Å². The fourth-order valence-electron chi connectivity index (χ4n) is 3.91. The van der Waals surface area contributed by atoms with Gasteiger partial charge in [0, 0.05) is 0 Å². The summed E-state index contributed by atoms with van der Waals surface area (Å²) in [5.41, 5.74) is 0. The molecule has 0 bridgehead atoms. The molecule has 0 spiro atoms. The number of allylic oxidation sites excluding steroid dienone is 1. The average Bonchev–Trinajstić information content (AvgIpc) is 2.53. The molecule has 1 unspecified atom stereocenters. The predicted molar refractivity (Wildman–Crippen MR) is 118 cm³/mol. The molecule has 0 saturated heterocycles. The van der Waals surface area contributed by atoms with E-state index in [-0.39, 0.29) is 0 Å². The summed E-state index contributed by atoms with van der Waals surface area (Å²) in [6, 6.07) is 1.49. The zero-order valence-corrected chi connectivity index (χ0v) is 21.8. The van der Waals surface area contributed by atoms with Crippen LogP contribution in [0.25, 0.3) is 0 Å². The average molecular weight is 461 g/mol.